The van der Waals surface area contributed by atoms with Gasteiger partial charge in [0.2, 0.25) is 0 Å². The van der Waals surface area contributed by atoms with Crippen LogP contribution in [0.2, 0.25) is 0 Å². The number of nitrogens with one attached hydrogen (secondary N) is 1. The van der Waals surface area contributed by atoms with Crippen molar-refractivity contribution in [2.45, 2.75) is 19.1 Å². The first-order chi connectivity index (χ1) is 9.30. The topological polar surface area (TPSA) is 32.3 Å². The Kier molecular flexibility index (Phi) is 3.99. The molecule has 2 rings (SSSR count). The van der Waals surface area contributed by atoms with Gasteiger partial charge in [-0.1, -0.05) is 6.07 Å². The third-order valence-corrected chi connectivity index (χ3v) is 3.19. The summed E-state index contributed by atoms with van der Waals surface area (Å²) < 4.78 is 51.8. The number of carbonyl (C=O) groups excluding carboxylic acids is 1. The standard InChI is InChI=1S/C13H14F4N2O/c1-8-7-19(6-5-18-8)12(20)9-3-2-4-10(11(9)14)13(15,16)17/h2-4,8,18H,5-7H2,1H3. The molecule has 1 fully saturated rings. The summed E-state index contributed by atoms with van der Waals surface area (Å²) in [5.74, 6) is -2.21. The molecule has 1 unspecified atom stereocenters. The van der Waals surface area contributed by atoms with Crippen molar-refractivity contribution in [2.24, 2.45) is 0 Å². The summed E-state index contributed by atoms with van der Waals surface area (Å²) in [6.07, 6.45) is -4.81. The van der Waals surface area contributed by atoms with E-state index >= 15 is 0 Å². The van der Waals surface area contributed by atoms with Crippen LogP contribution < -0.4 is 5.32 Å². The van der Waals surface area contributed by atoms with Crippen LogP contribution in [0.1, 0.15) is 22.8 Å². The van der Waals surface area contributed by atoms with E-state index in [1.54, 1.807) is 0 Å². The highest BCUT2D eigenvalue weighted by Gasteiger charge is 2.36. The first kappa shape index (κ1) is 14.8. The van der Waals surface area contributed by atoms with Gasteiger partial charge in [-0.15, -0.1) is 0 Å². The van der Waals surface area contributed by atoms with E-state index in [9.17, 15) is 22.4 Å². The molecule has 1 aromatic rings. The predicted octanol–water partition coefficient (Wildman–Crippen LogP) is 2.28. The van der Waals surface area contributed by atoms with E-state index in [1.165, 1.54) is 4.90 Å². The van der Waals surface area contributed by atoms with Crippen LogP contribution in [0.4, 0.5) is 17.6 Å². The summed E-state index contributed by atoms with van der Waals surface area (Å²) in [5.41, 5.74) is -1.94. The Morgan fingerprint density at radius 1 is 1.40 bits per heavy atom. The lowest BCUT2D eigenvalue weighted by Crippen LogP contribution is -2.51. The van der Waals surface area contributed by atoms with Crippen molar-refractivity contribution in [1.29, 1.82) is 0 Å². The molecule has 20 heavy (non-hydrogen) atoms. The molecule has 1 aliphatic heterocycles. The van der Waals surface area contributed by atoms with Gasteiger partial charge >= 0.3 is 6.18 Å². The minimum absolute atomic E-state index is 0.0292. The maximum atomic E-state index is 13.9. The van der Waals surface area contributed by atoms with Crippen molar-refractivity contribution in [2.75, 3.05) is 19.6 Å². The number of alkyl halides is 3. The van der Waals surface area contributed by atoms with Crippen molar-refractivity contribution < 1.29 is 22.4 Å². The van der Waals surface area contributed by atoms with Crippen LogP contribution >= 0.6 is 0 Å². The van der Waals surface area contributed by atoms with Crippen LogP contribution in [0.3, 0.4) is 0 Å². The van der Waals surface area contributed by atoms with Gasteiger partial charge in [0.15, 0.2) is 0 Å². The van der Waals surface area contributed by atoms with Gasteiger partial charge < -0.3 is 10.2 Å². The van der Waals surface area contributed by atoms with E-state index in [0.29, 0.717) is 25.7 Å². The maximum Gasteiger partial charge on any atom is 0.419 e. The average Bonchev–Trinajstić information content (AvgIpc) is 2.37. The number of hydrogen-bond donors (Lipinski definition) is 1. The van der Waals surface area contributed by atoms with Gasteiger partial charge in [-0.05, 0) is 19.1 Å². The van der Waals surface area contributed by atoms with Crippen LogP contribution in [0.5, 0.6) is 0 Å². The minimum atomic E-state index is -4.81. The predicted molar refractivity (Wildman–Crippen MR) is 64.8 cm³/mol. The SMILES string of the molecule is CC1CN(C(=O)c2cccc(C(F)(F)F)c2F)CCN1. The molecular formula is C13H14F4N2O. The summed E-state index contributed by atoms with van der Waals surface area (Å²) in [7, 11) is 0. The van der Waals surface area contributed by atoms with Crippen molar-refractivity contribution in [3.8, 4) is 0 Å². The molecular weight excluding hydrogens is 276 g/mol. The Balaban J connectivity index is 2.31. The lowest BCUT2D eigenvalue weighted by molar-refractivity contribution is -0.140. The molecule has 0 bridgehead atoms. The quantitative estimate of drug-likeness (QED) is 0.805. The number of nitrogens with zero attached hydrogens (tertiary/aromatic N) is 1. The zero-order valence-electron chi connectivity index (χ0n) is 10.8. The number of benzene rings is 1. The molecule has 0 aliphatic carbocycles. The molecule has 0 spiro atoms. The largest absolute Gasteiger partial charge is 0.419 e. The van der Waals surface area contributed by atoms with Gasteiger partial charge in [0.05, 0.1) is 11.1 Å². The molecule has 1 saturated heterocycles. The van der Waals surface area contributed by atoms with E-state index < -0.39 is 29.0 Å². The third-order valence-electron chi connectivity index (χ3n) is 3.19. The number of hydrogen-bond acceptors (Lipinski definition) is 2. The highest BCUT2D eigenvalue weighted by molar-refractivity contribution is 5.94. The van der Waals surface area contributed by atoms with E-state index in [-0.39, 0.29) is 6.04 Å². The Morgan fingerprint density at radius 3 is 2.70 bits per heavy atom. The Morgan fingerprint density at radius 2 is 2.10 bits per heavy atom. The molecule has 0 saturated carbocycles. The fourth-order valence-electron chi connectivity index (χ4n) is 2.20. The fourth-order valence-corrected chi connectivity index (χ4v) is 2.20. The number of piperazine rings is 1. The Hall–Kier alpha value is -1.63. The van der Waals surface area contributed by atoms with E-state index in [2.05, 4.69) is 5.32 Å². The smallest absolute Gasteiger partial charge is 0.336 e. The zero-order valence-corrected chi connectivity index (χ0v) is 10.8. The molecule has 1 aliphatic rings. The normalized spacial score (nSPS) is 20.1. The van der Waals surface area contributed by atoms with E-state index in [0.717, 1.165) is 12.1 Å². The summed E-state index contributed by atoms with van der Waals surface area (Å²) in [6, 6.07) is 2.79. The minimum Gasteiger partial charge on any atom is -0.336 e. The summed E-state index contributed by atoms with van der Waals surface area (Å²) >= 11 is 0. The molecule has 110 valence electrons. The van der Waals surface area contributed by atoms with Crippen molar-refractivity contribution in [3.63, 3.8) is 0 Å². The van der Waals surface area contributed by atoms with Gasteiger partial charge in [0, 0.05) is 25.7 Å². The number of rotatable bonds is 1. The molecule has 0 aromatic heterocycles. The summed E-state index contributed by atoms with van der Waals surface area (Å²) in [5, 5.41) is 3.10. The van der Waals surface area contributed by atoms with Crippen LogP contribution in [0.15, 0.2) is 18.2 Å². The number of halogens is 4. The van der Waals surface area contributed by atoms with Crippen molar-refractivity contribution in [3.05, 3.63) is 35.1 Å². The Labute approximate surface area is 113 Å². The first-order valence-corrected chi connectivity index (χ1v) is 6.19. The number of carbonyl (C=O) groups is 1. The van der Waals surface area contributed by atoms with Crippen LogP contribution in [0, 0.1) is 5.82 Å². The number of amides is 1. The molecule has 3 nitrogen and oxygen atoms in total. The van der Waals surface area contributed by atoms with Crippen LogP contribution in [-0.4, -0.2) is 36.5 Å². The summed E-state index contributed by atoms with van der Waals surface area (Å²) in [4.78, 5) is 13.5. The molecule has 1 heterocycles. The molecule has 1 aromatic carbocycles. The first-order valence-electron chi connectivity index (χ1n) is 6.19. The highest BCUT2D eigenvalue weighted by Crippen LogP contribution is 2.32. The van der Waals surface area contributed by atoms with Gasteiger partial charge in [-0.3, -0.25) is 4.79 Å². The highest BCUT2D eigenvalue weighted by atomic mass is 19.4. The molecule has 7 heteroatoms. The molecule has 0 radical (unpaired) electrons. The Bertz CT molecular complexity index is 516. The fraction of sp³-hybridized carbons (Fsp3) is 0.462. The van der Waals surface area contributed by atoms with E-state index in [4.69, 9.17) is 0 Å². The lowest BCUT2D eigenvalue weighted by atomic mass is 10.1. The van der Waals surface area contributed by atoms with Crippen molar-refractivity contribution >= 4 is 5.91 Å². The van der Waals surface area contributed by atoms with Gasteiger partial charge in [0.25, 0.3) is 5.91 Å². The second kappa shape index (κ2) is 5.40. The molecule has 1 atom stereocenters. The second-order valence-corrected chi connectivity index (χ2v) is 4.77. The van der Waals surface area contributed by atoms with Crippen LogP contribution in [0.25, 0.3) is 0 Å². The molecule has 1 N–H and O–H groups in total. The lowest BCUT2D eigenvalue weighted by Gasteiger charge is -2.32. The van der Waals surface area contributed by atoms with Gasteiger partial charge in [0.1, 0.15) is 5.82 Å². The second-order valence-electron chi connectivity index (χ2n) is 4.77. The van der Waals surface area contributed by atoms with Gasteiger partial charge in [-0.25, -0.2) is 4.39 Å². The van der Waals surface area contributed by atoms with Gasteiger partial charge in [-0.2, -0.15) is 13.2 Å². The van der Waals surface area contributed by atoms with E-state index in [1.807, 2.05) is 6.92 Å². The average molecular weight is 290 g/mol. The maximum absolute atomic E-state index is 13.9. The monoisotopic (exact) mass is 290 g/mol. The molecule has 1 amide bonds. The third kappa shape index (κ3) is 2.92. The summed E-state index contributed by atoms with van der Waals surface area (Å²) in [6.45, 7) is 3.07. The van der Waals surface area contributed by atoms with Crippen LogP contribution in [-0.2, 0) is 6.18 Å². The zero-order chi connectivity index (χ0) is 14.9. The van der Waals surface area contributed by atoms with Crippen molar-refractivity contribution in [1.82, 2.24) is 10.2 Å².